The molecule has 1 nitrogen and oxygen atoms in total. The van der Waals surface area contributed by atoms with Crippen LogP contribution in [0, 0.1) is 5.92 Å². The molecule has 1 rings (SSSR count). The summed E-state index contributed by atoms with van der Waals surface area (Å²) in [7, 11) is 0. The molecule has 0 spiro atoms. The highest BCUT2D eigenvalue weighted by Crippen LogP contribution is 2.28. The first-order chi connectivity index (χ1) is 8.33. The molecule has 0 radical (unpaired) electrons. The van der Waals surface area contributed by atoms with Crippen molar-refractivity contribution in [3.63, 3.8) is 0 Å². The predicted octanol–water partition coefficient (Wildman–Crippen LogP) is 4.97. The van der Waals surface area contributed by atoms with Gasteiger partial charge in [-0.3, -0.25) is 0 Å². The molecular formula is C16H26BrN. The van der Waals surface area contributed by atoms with Crippen LogP contribution in [0.5, 0.6) is 0 Å². The lowest BCUT2D eigenvalue weighted by atomic mass is 9.85. The largest absolute Gasteiger partial charge is 0.311 e. The fraction of sp³-hybridized carbons (Fsp3) is 0.625. The molecule has 18 heavy (non-hydrogen) atoms. The SMILES string of the molecule is CCC(C)C(CNC(C)(C)C)c1ccc(Br)cc1. The highest BCUT2D eigenvalue weighted by Gasteiger charge is 2.20. The van der Waals surface area contributed by atoms with E-state index in [0.717, 1.165) is 11.0 Å². The molecule has 0 aliphatic rings. The number of hydrogen-bond acceptors (Lipinski definition) is 1. The van der Waals surface area contributed by atoms with Gasteiger partial charge in [-0.1, -0.05) is 48.3 Å². The summed E-state index contributed by atoms with van der Waals surface area (Å²) in [6.45, 7) is 12.3. The zero-order valence-electron chi connectivity index (χ0n) is 12.3. The van der Waals surface area contributed by atoms with Crippen LogP contribution >= 0.6 is 15.9 Å². The lowest BCUT2D eigenvalue weighted by Crippen LogP contribution is -2.39. The molecule has 0 aliphatic carbocycles. The maximum atomic E-state index is 3.64. The van der Waals surface area contributed by atoms with E-state index >= 15 is 0 Å². The third-order valence-electron chi connectivity index (χ3n) is 3.48. The molecule has 2 heteroatoms. The topological polar surface area (TPSA) is 12.0 Å². The Labute approximate surface area is 120 Å². The standard InChI is InChI=1S/C16H26BrN/c1-6-12(2)15(11-18-16(3,4)5)13-7-9-14(17)10-8-13/h7-10,12,15,18H,6,11H2,1-5H3. The van der Waals surface area contributed by atoms with Gasteiger partial charge < -0.3 is 5.32 Å². The van der Waals surface area contributed by atoms with Crippen LogP contribution in [0.25, 0.3) is 0 Å². The summed E-state index contributed by atoms with van der Waals surface area (Å²) < 4.78 is 1.15. The second-order valence-electron chi connectivity index (χ2n) is 6.17. The van der Waals surface area contributed by atoms with Crippen molar-refractivity contribution in [3.8, 4) is 0 Å². The average molecular weight is 312 g/mol. The fourth-order valence-corrected chi connectivity index (χ4v) is 2.32. The van der Waals surface area contributed by atoms with E-state index in [1.165, 1.54) is 12.0 Å². The first-order valence-electron chi connectivity index (χ1n) is 6.84. The Bertz CT molecular complexity index is 350. The van der Waals surface area contributed by atoms with E-state index in [1.807, 2.05) is 0 Å². The van der Waals surface area contributed by atoms with Gasteiger partial charge in [0.15, 0.2) is 0 Å². The quantitative estimate of drug-likeness (QED) is 0.809. The van der Waals surface area contributed by atoms with Crippen LogP contribution in [0.15, 0.2) is 28.7 Å². The van der Waals surface area contributed by atoms with Gasteiger partial charge in [0.2, 0.25) is 0 Å². The van der Waals surface area contributed by atoms with E-state index in [0.29, 0.717) is 11.8 Å². The van der Waals surface area contributed by atoms with Gasteiger partial charge in [-0.25, -0.2) is 0 Å². The smallest absolute Gasteiger partial charge is 0.0175 e. The normalized spacial score (nSPS) is 15.4. The maximum Gasteiger partial charge on any atom is 0.0175 e. The summed E-state index contributed by atoms with van der Waals surface area (Å²) in [6, 6.07) is 8.76. The molecule has 0 heterocycles. The van der Waals surface area contributed by atoms with Crippen LogP contribution in [0.1, 0.15) is 52.5 Å². The summed E-state index contributed by atoms with van der Waals surface area (Å²) in [5, 5.41) is 3.64. The summed E-state index contributed by atoms with van der Waals surface area (Å²) in [6.07, 6.45) is 1.21. The Morgan fingerprint density at radius 3 is 2.17 bits per heavy atom. The van der Waals surface area contributed by atoms with Crippen LogP contribution in [0.3, 0.4) is 0 Å². The summed E-state index contributed by atoms with van der Waals surface area (Å²) in [5.74, 6) is 1.28. The van der Waals surface area contributed by atoms with Crippen molar-refractivity contribution < 1.29 is 0 Å². The molecule has 2 unspecified atom stereocenters. The van der Waals surface area contributed by atoms with Crippen molar-refractivity contribution in [2.75, 3.05) is 6.54 Å². The molecule has 0 saturated heterocycles. The molecule has 0 amide bonds. The Balaban J connectivity index is 2.81. The Hall–Kier alpha value is -0.340. The average Bonchev–Trinajstić information content (AvgIpc) is 2.29. The van der Waals surface area contributed by atoms with Gasteiger partial charge in [-0.2, -0.15) is 0 Å². The monoisotopic (exact) mass is 311 g/mol. The van der Waals surface area contributed by atoms with Gasteiger partial charge in [-0.15, -0.1) is 0 Å². The second-order valence-corrected chi connectivity index (χ2v) is 7.09. The minimum atomic E-state index is 0.182. The maximum absolute atomic E-state index is 3.64. The Morgan fingerprint density at radius 1 is 1.17 bits per heavy atom. The number of rotatable bonds is 5. The zero-order chi connectivity index (χ0) is 13.8. The van der Waals surface area contributed by atoms with Gasteiger partial charge >= 0.3 is 0 Å². The minimum absolute atomic E-state index is 0.182. The van der Waals surface area contributed by atoms with Crippen molar-refractivity contribution in [1.82, 2.24) is 5.32 Å². The van der Waals surface area contributed by atoms with Crippen molar-refractivity contribution in [3.05, 3.63) is 34.3 Å². The minimum Gasteiger partial charge on any atom is -0.311 e. The first kappa shape index (κ1) is 15.7. The highest BCUT2D eigenvalue weighted by atomic mass is 79.9. The van der Waals surface area contributed by atoms with Crippen molar-refractivity contribution >= 4 is 15.9 Å². The van der Waals surface area contributed by atoms with Crippen LogP contribution in [0.2, 0.25) is 0 Å². The van der Waals surface area contributed by atoms with E-state index in [2.05, 4.69) is 80.1 Å². The van der Waals surface area contributed by atoms with Crippen LogP contribution in [-0.4, -0.2) is 12.1 Å². The van der Waals surface area contributed by atoms with E-state index in [9.17, 15) is 0 Å². The van der Waals surface area contributed by atoms with Crippen molar-refractivity contribution in [1.29, 1.82) is 0 Å². The summed E-state index contributed by atoms with van der Waals surface area (Å²) >= 11 is 3.50. The molecule has 1 N–H and O–H groups in total. The van der Waals surface area contributed by atoms with Crippen molar-refractivity contribution in [2.24, 2.45) is 5.92 Å². The molecule has 0 fully saturated rings. The molecule has 102 valence electrons. The van der Waals surface area contributed by atoms with Crippen LogP contribution < -0.4 is 5.32 Å². The van der Waals surface area contributed by atoms with Gasteiger partial charge in [0.25, 0.3) is 0 Å². The number of hydrogen-bond donors (Lipinski definition) is 1. The molecule has 0 aromatic heterocycles. The third kappa shape index (κ3) is 5.11. The first-order valence-corrected chi connectivity index (χ1v) is 7.63. The summed E-state index contributed by atoms with van der Waals surface area (Å²) in [4.78, 5) is 0. The molecule has 0 saturated carbocycles. The summed E-state index contributed by atoms with van der Waals surface area (Å²) in [5.41, 5.74) is 1.62. The molecule has 1 aromatic rings. The van der Waals surface area contributed by atoms with E-state index < -0.39 is 0 Å². The molecule has 1 aromatic carbocycles. The van der Waals surface area contributed by atoms with E-state index in [1.54, 1.807) is 0 Å². The highest BCUT2D eigenvalue weighted by molar-refractivity contribution is 9.10. The number of halogens is 1. The molecule has 2 atom stereocenters. The van der Waals surface area contributed by atoms with E-state index in [4.69, 9.17) is 0 Å². The van der Waals surface area contributed by atoms with Gasteiger partial charge in [0, 0.05) is 16.6 Å². The fourth-order valence-electron chi connectivity index (χ4n) is 2.06. The van der Waals surface area contributed by atoms with E-state index in [-0.39, 0.29) is 5.54 Å². The molecule has 0 bridgehead atoms. The Morgan fingerprint density at radius 2 is 1.72 bits per heavy atom. The predicted molar refractivity (Wildman–Crippen MR) is 84.1 cm³/mol. The molecule has 0 aliphatic heterocycles. The molecular weight excluding hydrogens is 286 g/mol. The third-order valence-corrected chi connectivity index (χ3v) is 4.01. The number of benzene rings is 1. The van der Waals surface area contributed by atoms with Gasteiger partial charge in [0.1, 0.15) is 0 Å². The van der Waals surface area contributed by atoms with Gasteiger partial charge in [-0.05, 0) is 50.3 Å². The lowest BCUT2D eigenvalue weighted by molar-refractivity contribution is 0.356. The van der Waals surface area contributed by atoms with Crippen LogP contribution in [-0.2, 0) is 0 Å². The van der Waals surface area contributed by atoms with Crippen molar-refractivity contribution in [2.45, 2.75) is 52.5 Å². The Kier molecular flexibility index (Phi) is 5.87. The van der Waals surface area contributed by atoms with Gasteiger partial charge in [0.05, 0.1) is 0 Å². The number of nitrogens with one attached hydrogen (secondary N) is 1. The lowest BCUT2D eigenvalue weighted by Gasteiger charge is -2.29. The second kappa shape index (κ2) is 6.72. The zero-order valence-corrected chi connectivity index (χ0v) is 13.8. The van der Waals surface area contributed by atoms with Crippen LogP contribution in [0.4, 0.5) is 0 Å².